The topological polar surface area (TPSA) is 123 Å². The Morgan fingerprint density at radius 1 is 1.23 bits per heavy atom. The van der Waals surface area contributed by atoms with Crippen molar-refractivity contribution < 1.29 is 32.6 Å². The van der Waals surface area contributed by atoms with E-state index in [9.17, 15) is 37.4 Å². The molecular formula is C27H29F4N5O4. The van der Waals surface area contributed by atoms with Crippen LogP contribution in [0.2, 0.25) is 0 Å². The number of amides is 1. The normalized spacial score (nSPS) is 22.1. The van der Waals surface area contributed by atoms with Gasteiger partial charge in [0.05, 0.1) is 24.6 Å². The number of nitrogens with one attached hydrogen (secondary N) is 2. The van der Waals surface area contributed by atoms with Crippen LogP contribution in [0.4, 0.5) is 23.4 Å². The number of H-pyrrole nitrogens is 1. The lowest BCUT2D eigenvalue weighted by atomic mass is 9.86. The van der Waals surface area contributed by atoms with Gasteiger partial charge in [-0.25, -0.2) is 22.5 Å². The van der Waals surface area contributed by atoms with Crippen molar-refractivity contribution in [3.8, 4) is 0 Å². The molecule has 2 aromatic heterocycles. The number of pyridine rings is 1. The van der Waals surface area contributed by atoms with E-state index in [4.69, 9.17) is 0 Å². The second-order valence-corrected chi connectivity index (χ2v) is 10.3. The van der Waals surface area contributed by atoms with Gasteiger partial charge in [-0.15, -0.1) is 0 Å². The molecule has 4 N–H and O–H groups in total. The van der Waals surface area contributed by atoms with Crippen molar-refractivity contribution in [2.45, 2.75) is 56.2 Å². The summed E-state index contributed by atoms with van der Waals surface area (Å²) in [6.07, 6.45) is 1.86. The lowest BCUT2D eigenvalue weighted by Crippen LogP contribution is -2.52. The lowest BCUT2D eigenvalue weighted by molar-refractivity contribution is -0.125. The number of benzene rings is 1. The van der Waals surface area contributed by atoms with Crippen LogP contribution in [0.3, 0.4) is 0 Å². The summed E-state index contributed by atoms with van der Waals surface area (Å²) in [7, 11) is 0. The summed E-state index contributed by atoms with van der Waals surface area (Å²) < 4.78 is 59.3. The number of aromatic amines is 1. The van der Waals surface area contributed by atoms with Crippen LogP contribution in [0.15, 0.2) is 41.5 Å². The average molecular weight is 564 g/mol. The highest BCUT2D eigenvalue weighted by atomic mass is 19.3. The Kier molecular flexibility index (Phi) is 7.55. The number of likely N-dealkylation sites (tertiary alicyclic amines) is 1. The molecule has 0 saturated carbocycles. The minimum atomic E-state index is -3.14. The molecule has 214 valence electrons. The van der Waals surface area contributed by atoms with Crippen LogP contribution in [0.5, 0.6) is 0 Å². The number of piperidine rings is 1. The van der Waals surface area contributed by atoms with Crippen LogP contribution >= 0.6 is 0 Å². The molecule has 1 amide bonds. The maximum Gasteiger partial charge on any atom is 0.257 e. The first kappa shape index (κ1) is 28.0. The Morgan fingerprint density at radius 3 is 2.65 bits per heavy atom. The maximum atomic E-state index is 15.0. The molecule has 5 rings (SSSR count). The Hall–Kier alpha value is -3.55. The number of aryl methyl sites for hydroxylation is 1. The number of rotatable bonds is 7. The molecule has 3 aromatic rings. The Morgan fingerprint density at radius 2 is 1.95 bits per heavy atom. The van der Waals surface area contributed by atoms with Gasteiger partial charge in [0.1, 0.15) is 23.6 Å². The number of carbonyl (C=O) groups is 1. The van der Waals surface area contributed by atoms with Crippen molar-refractivity contribution in [3.05, 3.63) is 81.2 Å². The number of nitrogens with zero attached hydrogens (tertiary/aromatic N) is 3. The second-order valence-electron chi connectivity index (χ2n) is 10.3. The largest absolute Gasteiger partial charge is 0.393 e. The van der Waals surface area contributed by atoms with E-state index < -0.39 is 60.1 Å². The van der Waals surface area contributed by atoms with Gasteiger partial charge in [-0.05, 0) is 42.7 Å². The summed E-state index contributed by atoms with van der Waals surface area (Å²) in [6, 6.07) is 3.35. The van der Waals surface area contributed by atoms with Crippen molar-refractivity contribution in [2.75, 3.05) is 25.0 Å². The third-order valence-corrected chi connectivity index (χ3v) is 7.78. The summed E-state index contributed by atoms with van der Waals surface area (Å²) in [5.41, 5.74) is -0.372. The molecule has 9 nitrogen and oxygen atoms in total. The van der Waals surface area contributed by atoms with Gasteiger partial charge in [-0.3, -0.25) is 14.5 Å². The Bertz CT molecular complexity index is 1460. The summed E-state index contributed by atoms with van der Waals surface area (Å²) in [4.78, 5) is 33.5. The second kappa shape index (κ2) is 10.8. The molecule has 1 aromatic carbocycles. The number of aliphatic hydroxyl groups is 2. The minimum Gasteiger partial charge on any atom is -0.393 e. The first-order valence-corrected chi connectivity index (χ1v) is 12.9. The van der Waals surface area contributed by atoms with Gasteiger partial charge in [0.25, 0.3) is 11.5 Å². The zero-order valence-corrected chi connectivity index (χ0v) is 21.6. The molecule has 1 saturated heterocycles. The molecule has 0 bridgehead atoms. The van der Waals surface area contributed by atoms with Crippen molar-refractivity contribution in [1.82, 2.24) is 19.4 Å². The van der Waals surface area contributed by atoms with E-state index in [0.717, 1.165) is 12.3 Å². The van der Waals surface area contributed by atoms with Gasteiger partial charge in [0.2, 0.25) is 5.91 Å². The van der Waals surface area contributed by atoms with E-state index in [1.54, 1.807) is 22.6 Å². The molecular weight excluding hydrogens is 534 g/mol. The van der Waals surface area contributed by atoms with Crippen molar-refractivity contribution in [3.63, 3.8) is 0 Å². The number of halogens is 4. The van der Waals surface area contributed by atoms with E-state index in [0.29, 0.717) is 24.2 Å². The molecule has 4 atom stereocenters. The molecule has 4 heterocycles. The number of hydrogen-bond donors (Lipinski definition) is 4. The molecule has 40 heavy (non-hydrogen) atoms. The fourth-order valence-corrected chi connectivity index (χ4v) is 5.54. The zero-order valence-electron chi connectivity index (χ0n) is 21.6. The number of fused-ring (bicyclic) bond motifs is 1. The van der Waals surface area contributed by atoms with E-state index in [1.165, 1.54) is 18.2 Å². The van der Waals surface area contributed by atoms with Crippen molar-refractivity contribution in [2.24, 2.45) is 0 Å². The van der Waals surface area contributed by atoms with Crippen LogP contribution in [-0.4, -0.2) is 67.2 Å². The summed E-state index contributed by atoms with van der Waals surface area (Å²) >= 11 is 0. The van der Waals surface area contributed by atoms with E-state index in [2.05, 4.69) is 15.3 Å². The predicted molar refractivity (Wildman–Crippen MR) is 136 cm³/mol. The van der Waals surface area contributed by atoms with Crippen LogP contribution < -0.4 is 10.9 Å². The molecule has 2 unspecified atom stereocenters. The van der Waals surface area contributed by atoms with E-state index in [-0.39, 0.29) is 36.1 Å². The predicted octanol–water partition coefficient (Wildman–Crippen LogP) is 2.86. The number of aliphatic hydroxyl groups excluding tert-OH is 2. The third-order valence-electron chi connectivity index (χ3n) is 7.78. The van der Waals surface area contributed by atoms with Crippen molar-refractivity contribution in [1.29, 1.82) is 0 Å². The van der Waals surface area contributed by atoms with Gasteiger partial charge in [0, 0.05) is 50.0 Å². The number of anilines is 1. The van der Waals surface area contributed by atoms with Crippen LogP contribution in [0.25, 0.3) is 0 Å². The molecule has 2 aliphatic rings. The zero-order chi connectivity index (χ0) is 28.8. The number of alkyl halides is 2. The summed E-state index contributed by atoms with van der Waals surface area (Å²) in [5, 5.41) is 21.8. The van der Waals surface area contributed by atoms with E-state index in [1.807, 2.05) is 0 Å². The Balaban J connectivity index is 1.30. The number of hydrogen-bond acceptors (Lipinski definition) is 6. The van der Waals surface area contributed by atoms with Crippen LogP contribution in [-0.2, 0) is 11.2 Å². The number of carbonyl (C=O) groups excluding carboxylic acids is 1. The quantitative estimate of drug-likeness (QED) is 0.328. The molecule has 0 aliphatic carbocycles. The summed E-state index contributed by atoms with van der Waals surface area (Å²) in [6.45, 7) is 0.593. The van der Waals surface area contributed by atoms with Gasteiger partial charge in [-0.1, -0.05) is 0 Å². The molecule has 13 heteroatoms. The number of imidazole rings is 1. The maximum absolute atomic E-state index is 15.0. The Labute approximate surface area is 226 Å². The van der Waals surface area contributed by atoms with Gasteiger partial charge >= 0.3 is 0 Å². The SMILES string of the molecule is C[C@@H](C(=O)Nc1cn2c(n1)CC[C@@H]2c1cc(F)cc(F)c1)N1CCC(F)(F)C(c2c[nH]c(=O)c(C(O)CO)c2)C1. The fourth-order valence-electron chi connectivity index (χ4n) is 5.54. The highest BCUT2D eigenvalue weighted by molar-refractivity contribution is 5.93. The van der Waals surface area contributed by atoms with Crippen molar-refractivity contribution >= 4 is 11.7 Å². The summed E-state index contributed by atoms with van der Waals surface area (Å²) in [5.74, 6) is -5.45. The third kappa shape index (κ3) is 5.40. The monoisotopic (exact) mass is 563 g/mol. The lowest BCUT2D eigenvalue weighted by Gasteiger charge is -2.40. The molecule has 2 aliphatic heterocycles. The molecule has 0 radical (unpaired) electrons. The highest BCUT2D eigenvalue weighted by Gasteiger charge is 2.46. The van der Waals surface area contributed by atoms with Crippen LogP contribution in [0, 0.1) is 11.6 Å². The van der Waals surface area contributed by atoms with Gasteiger partial charge < -0.3 is 25.1 Å². The first-order chi connectivity index (χ1) is 19.0. The van der Waals surface area contributed by atoms with Crippen LogP contribution in [0.1, 0.15) is 60.3 Å². The van der Waals surface area contributed by atoms with Gasteiger partial charge in [-0.2, -0.15) is 0 Å². The smallest absolute Gasteiger partial charge is 0.257 e. The highest BCUT2D eigenvalue weighted by Crippen LogP contribution is 2.41. The molecule has 0 spiro atoms. The minimum absolute atomic E-state index is 0.0551. The molecule has 1 fully saturated rings. The van der Waals surface area contributed by atoms with Gasteiger partial charge in [0.15, 0.2) is 5.82 Å². The average Bonchev–Trinajstić information content (AvgIpc) is 3.48. The van der Waals surface area contributed by atoms with E-state index >= 15 is 0 Å². The first-order valence-electron chi connectivity index (χ1n) is 12.9. The fraction of sp³-hybridized carbons (Fsp3) is 0.444. The standard InChI is InChI=1S/C27H29F4N5O4/c1-14(35-5-4-27(30,31)20(11-35)16-8-19(22(38)13-37)26(40)32-10-16)25(39)34-23-12-36-21(2-3-24(36)33-23)15-6-17(28)9-18(29)7-15/h6-10,12,14,20-22,37-38H,2-5,11,13H2,1H3,(H,32,40)(H,34,39)/t14-,20?,21+,22?/m0/s1. The number of aromatic nitrogens is 3.